The van der Waals surface area contributed by atoms with Crippen molar-refractivity contribution in [3.05, 3.63) is 0 Å². The van der Waals surface area contributed by atoms with Gasteiger partial charge in [0.1, 0.15) is 0 Å². The molecule has 0 aromatic carbocycles. The van der Waals surface area contributed by atoms with Crippen molar-refractivity contribution in [1.29, 1.82) is 0 Å². The molecule has 0 rings (SSSR count). The highest BCUT2D eigenvalue weighted by Crippen LogP contribution is 1.91. The minimum absolute atomic E-state index is 0.142. The van der Waals surface area contributed by atoms with Crippen LogP contribution in [0.2, 0.25) is 0 Å². The SMILES string of the molecule is COC[C@H](CS)OC. The van der Waals surface area contributed by atoms with Gasteiger partial charge in [-0.1, -0.05) is 0 Å². The second-order valence-corrected chi connectivity index (χ2v) is 1.86. The van der Waals surface area contributed by atoms with Crippen LogP contribution in [0.5, 0.6) is 0 Å². The molecule has 0 bridgehead atoms. The van der Waals surface area contributed by atoms with Crippen LogP contribution in [-0.4, -0.2) is 32.7 Å². The van der Waals surface area contributed by atoms with E-state index in [2.05, 4.69) is 12.6 Å². The number of methoxy groups -OCH3 is 2. The third-order valence-corrected chi connectivity index (χ3v) is 1.30. The Bertz CT molecular complexity index is 45.7. The maximum Gasteiger partial charge on any atom is 0.0892 e. The van der Waals surface area contributed by atoms with E-state index >= 15 is 0 Å². The van der Waals surface area contributed by atoms with Crippen molar-refractivity contribution in [3.8, 4) is 0 Å². The fraction of sp³-hybridized carbons (Fsp3) is 1.00. The molecular weight excluding hydrogens is 124 g/mol. The number of ether oxygens (including phenoxy) is 2. The molecule has 0 radical (unpaired) electrons. The number of thiol groups is 1. The standard InChI is InChI=1S/C5H12O2S/c1-6-3-5(4-8)7-2/h5,8H,3-4H2,1-2H3/t5-/m1/s1. The third-order valence-electron chi connectivity index (χ3n) is 0.890. The molecule has 0 amide bonds. The molecule has 1 atom stereocenters. The summed E-state index contributed by atoms with van der Waals surface area (Å²) < 4.78 is 9.75. The zero-order valence-electron chi connectivity index (χ0n) is 5.26. The van der Waals surface area contributed by atoms with Gasteiger partial charge in [-0.15, -0.1) is 0 Å². The van der Waals surface area contributed by atoms with Crippen molar-refractivity contribution in [2.75, 3.05) is 26.6 Å². The first-order valence-electron chi connectivity index (χ1n) is 2.47. The lowest BCUT2D eigenvalue weighted by atomic mass is 10.4. The molecule has 0 N–H and O–H groups in total. The molecule has 3 heteroatoms. The smallest absolute Gasteiger partial charge is 0.0892 e. The van der Waals surface area contributed by atoms with Gasteiger partial charge in [-0.25, -0.2) is 0 Å². The normalized spacial score (nSPS) is 13.9. The highest BCUT2D eigenvalue weighted by atomic mass is 32.1. The van der Waals surface area contributed by atoms with E-state index in [4.69, 9.17) is 9.47 Å². The van der Waals surface area contributed by atoms with E-state index in [1.54, 1.807) is 14.2 Å². The Labute approximate surface area is 55.6 Å². The number of hydrogen-bond donors (Lipinski definition) is 1. The van der Waals surface area contributed by atoms with Gasteiger partial charge in [-0.3, -0.25) is 0 Å². The minimum atomic E-state index is 0.142. The molecule has 2 nitrogen and oxygen atoms in total. The van der Waals surface area contributed by atoms with Crippen molar-refractivity contribution >= 4 is 12.6 Å². The van der Waals surface area contributed by atoms with Gasteiger partial charge >= 0.3 is 0 Å². The molecule has 0 saturated carbocycles. The van der Waals surface area contributed by atoms with E-state index in [9.17, 15) is 0 Å². The summed E-state index contributed by atoms with van der Waals surface area (Å²) in [5.41, 5.74) is 0. The second-order valence-electron chi connectivity index (χ2n) is 1.50. The highest BCUT2D eigenvalue weighted by Gasteiger charge is 2.00. The van der Waals surface area contributed by atoms with Gasteiger partial charge in [0.05, 0.1) is 12.7 Å². The average Bonchev–Trinajstić information content (AvgIpc) is 1.83. The van der Waals surface area contributed by atoms with Gasteiger partial charge in [-0.05, 0) is 0 Å². The summed E-state index contributed by atoms with van der Waals surface area (Å²) >= 11 is 4.02. The van der Waals surface area contributed by atoms with E-state index in [1.165, 1.54) is 0 Å². The fourth-order valence-corrected chi connectivity index (χ4v) is 0.636. The van der Waals surface area contributed by atoms with Crippen LogP contribution in [0.4, 0.5) is 0 Å². The summed E-state index contributed by atoms with van der Waals surface area (Å²) in [6, 6.07) is 0. The molecule has 0 saturated heterocycles. The Kier molecular flexibility index (Phi) is 5.59. The topological polar surface area (TPSA) is 18.5 Å². The Morgan fingerprint density at radius 1 is 1.50 bits per heavy atom. The van der Waals surface area contributed by atoms with Crippen LogP contribution >= 0.6 is 12.6 Å². The van der Waals surface area contributed by atoms with Crippen LogP contribution in [-0.2, 0) is 9.47 Å². The predicted octanol–water partition coefficient (Wildman–Crippen LogP) is 0.578. The maximum atomic E-state index is 4.94. The van der Waals surface area contributed by atoms with E-state index in [0.29, 0.717) is 12.4 Å². The summed E-state index contributed by atoms with van der Waals surface area (Å²) in [6.45, 7) is 0.625. The molecule has 0 spiro atoms. The number of hydrogen-bond acceptors (Lipinski definition) is 3. The Morgan fingerprint density at radius 2 is 2.12 bits per heavy atom. The van der Waals surface area contributed by atoms with Gasteiger partial charge in [0.15, 0.2) is 0 Å². The first-order valence-corrected chi connectivity index (χ1v) is 3.11. The molecule has 0 aromatic heterocycles. The molecular formula is C5H12O2S. The lowest BCUT2D eigenvalue weighted by Crippen LogP contribution is -2.18. The van der Waals surface area contributed by atoms with Gasteiger partial charge < -0.3 is 9.47 Å². The van der Waals surface area contributed by atoms with Crippen molar-refractivity contribution in [1.82, 2.24) is 0 Å². The third kappa shape index (κ3) is 3.29. The van der Waals surface area contributed by atoms with Crippen molar-refractivity contribution in [2.45, 2.75) is 6.10 Å². The highest BCUT2D eigenvalue weighted by molar-refractivity contribution is 7.80. The summed E-state index contributed by atoms with van der Waals surface area (Å²) in [5, 5.41) is 0. The Hall–Kier alpha value is 0.270. The van der Waals surface area contributed by atoms with E-state index in [-0.39, 0.29) is 6.10 Å². The second kappa shape index (κ2) is 5.41. The maximum absolute atomic E-state index is 4.94. The first kappa shape index (κ1) is 8.27. The molecule has 0 heterocycles. The predicted molar refractivity (Wildman–Crippen MR) is 36.5 cm³/mol. The monoisotopic (exact) mass is 136 g/mol. The lowest BCUT2D eigenvalue weighted by Gasteiger charge is -2.09. The summed E-state index contributed by atoms with van der Waals surface area (Å²) in [7, 11) is 3.30. The molecule has 0 aromatic rings. The van der Waals surface area contributed by atoms with Crippen LogP contribution in [0.15, 0.2) is 0 Å². The molecule has 0 unspecified atom stereocenters. The van der Waals surface area contributed by atoms with Crippen LogP contribution in [0, 0.1) is 0 Å². The zero-order chi connectivity index (χ0) is 6.41. The summed E-state index contributed by atoms with van der Waals surface area (Å²) in [6.07, 6.45) is 0.142. The van der Waals surface area contributed by atoms with Crippen LogP contribution in [0.25, 0.3) is 0 Å². The van der Waals surface area contributed by atoms with Crippen molar-refractivity contribution in [2.24, 2.45) is 0 Å². The average molecular weight is 136 g/mol. The lowest BCUT2D eigenvalue weighted by molar-refractivity contribution is 0.0432. The minimum Gasteiger partial charge on any atom is -0.382 e. The molecule has 0 aliphatic rings. The summed E-state index contributed by atoms with van der Waals surface area (Å²) in [4.78, 5) is 0. The van der Waals surface area contributed by atoms with E-state index in [1.807, 2.05) is 0 Å². The van der Waals surface area contributed by atoms with Gasteiger partial charge in [0.25, 0.3) is 0 Å². The zero-order valence-corrected chi connectivity index (χ0v) is 6.15. The summed E-state index contributed by atoms with van der Waals surface area (Å²) in [5.74, 6) is 0.713. The van der Waals surface area contributed by atoms with Gasteiger partial charge in [0, 0.05) is 20.0 Å². The Balaban J connectivity index is 3.07. The first-order chi connectivity index (χ1) is 3.85. The van der Waals surface area contributed by atoms with Crippen molar-refractivity contribution in [3.63, 3.8) is 0 Å². The van der Waals surface area contributed by atoms with E-state index < -0.39 is 0 Å². The molecule has 0 aliphatic carbocycles. The molecule has 50 valence electrons. The Morgan fingerprint density at radius 3 is 2.25 bits per heavy atom. The fourth-order valence-electron chi connectivity index (χ4n) is 0.381. The quantitative estimate of drug-likeness (QED) is 0.570. The van der Waals surface area contributed by atoms with Crippen molar-refractivity contribution < 1.29 is 9.47 Å². The number of rotatable bonds is 4. The van der Waals surface area contributed by atoms with Gasteiger partial charge in [0.2, 0.25) is 0 Å². The molecule has 8 heavy (non-hydrogen) atoms. The van der Waals surface area contributed by atoms with Gasteiger partial charge in [-0.2, -0.15) is 12.6 Å². The largest absolute Gasteiger partial charge is 0.382 e. The molecule has 0 fully saturated rings. The van der Waals surface area contributed by atoms with E-state index in [0.717, 1.165) is 0 Å². The van der Waals surface area contributed by atoms with Crippen LogP contribution in [0.3, 0.4) is 0 Å². The van der Waals surface area contributed by atoms with Crippen LogP contribution < -0.4 is 0 Å². The van der Waals surface area contributed by atoms with Crippen LogP contribution in [0.1, 0.15) is 0 Å². The molecule has 0 aliphatic heterocycles.